The van der Waals surface area contributed by atoms with Crippen LogP contribution in [0, 0.1) is 5.41 Å². The van der Waals surface area contributed by atoms with E-state index >= 15 is 0 Å². The monoisotopic (exact) mass is 300 g/mol. The Morgan fingerprint density at radius 2 is 1.94 bits per heavy atom. The van der Waals surface area contributed by atoms with Gasteiger partial charge in [-0.3, -0.25) is 4.79 Å². The first-order chi connectivity index (χ1) is 7.68. The van der Waals surface area contributed by atoms with Crippen LogP contribution in [0.25, 0.3) is 0 Å². The first kappa shape index (κ1) is 14.4. The van der Waals surface area contributed by atoms with Crippen molar-refractivity contribution in [3.05, 3.63) is 18.2 Å². The van der Waals surface area contributed by atoms with Gasteiger partial charge in [-0.15, -0.1) is 0 Å². The highest BCUT2D eigenvalue weighted by molar-refractivity contribution is 9.09. The summed E-state index contributed by atoms with van der Waals surface area (Å²) in [6.45, 7) is 11.1. The second-order valence-corrected chi connectivity index (χ2v) is 6.66. The number of halogens is 1. The zero-order valence-electron chi connectivity index (χ0n) is 11.2. The molecule has 1 heterocycles. The molecule has 0 bridgehead atoms. The molecule has 1 aromatic heterocycles. The van der Waals surface area contributed by atoms with E-state index in [0.29, 0.717) is 11.9 Å². The Labute approximate surface area is 112 Å². The quantitative estimate of drug-likeness (QED) is 0.801. The number of nitrogens with zero attached hydrogens (tertiary/aromatic N) is 2. The molecule has 0 aliphatic heterocycles. The van der Waals surface area contributed by atoms with Crippen molar-refractivity contribution in [2.24, 2.45) is 5.41 Å². The molecule has 96 valence electrons. The maximum atomic E-state index is 11.8. The predicted octanol–water partition coefficient (Wildman–Crippen LogP) is 3.17. The molecule has 0 aliphatic rings. The fourth-order valence-electron chi connectivity index (χ4n) is 1.77. The summed E-state index contributed by atoms with van der Waals surface area (Å²) < 4.78 is 2.08. The van der Waals surface area contributed by atoms with Crippen LogP contribution in [0.4, 0.5) is 0 Å². The number of carbonyl (C=O) groups is 1. The van der Waals surface area contributed by atoms with Crippen LogP contribution in [0.15, 0.2) is 12.5 Å². The minimum atomic E-state index is -0.371. The summed E-state index contributed by atoms with van der Waals surface area (Å²) in [7, 11) is 0. The van der Waals surface area contributed by atoms with Crippen LogP contribution in [0.3, 0.4) is 0 Å². The van der Waals surface area contributed by atoms with Crippen LogP contribution in [-0.4, -0.2) is 20.7 Å². The van der Waals surface area contributed by atoms with E-state index in [1.165, 1.54) is 0 Å². The van der Waals surface area contributed by atoms with Gasteiger partial charge in [0.25, 0.3) is 0 Å². The number of aromatic nitrogens is 2. The van der Waals surface area contributed by atoms with Crippen LogP contribution in [0.2, 0.25) is 0 Å². The molecule has 0 fully saturated rings. The molecular formula is C13H21BrN2O. The van der Waals surface area contributed by atoms with Gasteiger partial charge >= 0.3 is 0 Å². The molecule has 0 saturated heterocycles. The summed E-state index contributed by atoms with van der Waals surface area (Å²) in [6.07, 6.45) is 3.69. The van der Waals surface area contributed by atoms with Crippen LogP contribution >= 0.6 is 15.9 Å². The number of hydrogen-bond donors (Lipinski definition) is 0. The first-order valence-corrected chi connectivity index (χ1v) is 6.90. The molecule has 0 saturated carbocycles. The van der Waals surface area contributed by atoms with Crippen molar-refractivity contribution in [3.63, 3.8) is 0 Å². The zero-order chi connectivity index (χ0) is 13.3. The average molecular weight is 301 g/mol. The first-order valence-electron chi connectivity index (χ1n) is 5.78. The number of imidazole rings is 1. The second-order valence-electron chi connectivity index (χ2n) is 6.10. The Morgan fingerprint density at radius 1 is 1.35 bits per heavy atom. The third-order valence-corrected chi connectivity index (χ3v) is 3.43. The predicted molar refractivity (Wildman–Crippen MR) is 73.5 cm³/mol. The van der Waals surface area contributed by atoms with Gasteiger partial charge in [0.15, 0.2) is 5.78 Å². The van der Waals surface area contributed by atoms with E-state index in [1.807, 2.05) is 26.4 Å². The largest absolute Gasteiger partial charge is 0.333 e. The van der Waals surface area contributed by atoms with E-state index < -0.39 is 0 Å². The van der Waals surface area contributed by atoms with Crippen molar-refractivity contribution >= 4 is 21.7 Å². The average Bonchev–Trinajstić information content (AvgIpc) is 2.63. The topological polar surface area (TPSA) is 34.9 Å². The second kappa shape index (κ2) is 4.92. The number of ketones is 1. The molecule has 0 aliphatic carbocycles. The van der Waals surface area contributed by atoms with E-state index in [4.69, 9.17) is 0 Å². The summed E-state index contributed by atoms with van der Waals surface area (Å²) >= 11 is 3.24. The Kier molecular flexibility index (Phi) is 4.18. The fourth-order valence-corrected chi connectivity index (χ4v) is 2.53. The Morgan fingerprint density at radius 3 is 2.41 bits per heavy atom. The van der Waals surface area contributed by atoms with Gasteiger partial charge in [-0.25, -0.2) is 4.98 Å². The lowest BCUT2D eigenvalue weighted by atomic mass is 9.87. The molecule has 0 aromatic carbocycles. The van der Waals surface area contributed by atoms with Gasteiger partial charge in [-0.1, -0.05) is 50.5 Å². The third-order valence-electron chi connectivity index (χ3n) is 2.92. The van der Waals surface area contributed by atoms with Crippen molar-refractivity contribution in [1.82, 2.24) is 9.55 Å². The highest BCUT2D eigenvalue weighted by Crippen LogP contribution is 2.26. The number of hydrogen-bond acceptors (Lipinski definition) is 2. The molecule has 1 rings (SSSR count). The molecule has 3 nitrogen and oxygen atoms in total. The maximum absolute atomic E-state index is 11.8. The van der Waals surface area contributed by atoms with Gasteiger partial charge in [0.05, 0.1) is 11.7 Å². The third kappa shape index (κ3) is 3.41. The summed E-state index contributed by atoms with van der Waals surface area (Å²) in [5.74, 6) is 0.214. The van der Waals surface area contributed by atoms with E-state index in [-0.39, 0.29) is 16.6 Å². The molecule has 0 radical (unpaired) electrons. The maximum Gasteiger partial charge on any atom is 0.150 e. The molecule has 0 spiro atoms. The molecule has 0 unspecified atom stereocenters. The van der Waals surface area contributed by atoms with Crippen molar-refractivity contribution in [2.45, 2.75) is 46.6 Å². The number of alkyl halides is 1. The van der Waals surface area contributed by atoms with Crippen LogP contribution < -0.4 is 0 Å². The van der Waals surface area contributed by atoms with Gasteiger partial charge in [0, 0.05) is 29.3 Å². The number of Topliss-reactive ketones (excluding diaryl/α,β-unsaturated/α-hetero) is 1. The Balaban J connectivity index is 2.97. The molecule has 17 heavy (non-hydrogen) atoms. The number of rotatable bonds is 4. The summed E-state index contributed by atoms with van der Waals surface area (Å²) in [4.78, 5) is 16.0. The van der Waals surface area contributed by atoms with Gasteiger partial charge in [-0.05, 0) is 0 Å². The summed E-state index contributed by atoms with van der Waals surface area (Å²) in [6, 6.07) is 0. The molecule has 0 N–H and O–H groups in total. The van der Waals surface area contributed by atoms with Crippen molar-refractivity contribution in [1.29, 1.82) is 0 Å². The highest BCUT2D eigenvalue weighted by atomic mass is 79.9. The Hall–Kier alpha value is -0.640. The van der Waals surface area contributed by atoms with Gasteiger partial charge < -0.3 is 4.57 Å². The number of carbonyl (C=O) groups excluding carboxylic acids is 1. The van der Waals surface area contributed by atoms with Gasteiger partial charge in [0.1, 0.15) is 0 Å². The normalized spacial score (nSPS) is 12.8. The van der Waals surface area contributed by atoms with Crippen LogP contribution in [0.1, 0.15) is 40.3 Å². The lowest BCUT2D eigenvalue weighted by Crippen LogP contribution is -2.32. The lowest BCUT2D eigenvalue weighted by Gasteiger charge is -2.27. The molecule has 0 amide bonds. The summed E-state index contributed by atoms with van der Waals surface area (Å²) in [5, 5.41) is 0.402. The van der Waals surface area contributed by atoms with Crippen molar-refractivity contribution in [3.8, 4) is 0 Å². The molecule has 4 heteroatoms. The molecular weight excluding hydrogens is 280 g/mol. The van der Waals surface area contributed by atoms with E-state index in [9.17, 15) is 4.79 Å². The standard InChI is InChI=1S/C13H21BrN2O/c1-12(2,3)10-7-15-9-16(10)8-13(4,5)11(17)6-14/h7,9H,6,8H2,1-5H3. The van der Waals surface area contributed by atoms with Gasteiger partial charge in [-0.2, -0.15) is 0 Å². The van der Waals surface area contributed by atoms with E-state index in [2.05, 4.69) is 46.3 Å². The highest BCUT2D eigenvalue weighted by Gasteiger charge is 2.29. The minimum absolute atomic E-state index is 0.0457. The Bertz CT molecular complexity index is 402. The van der Waals surface area contributed by atoms with Crippen molar-refractivity contribution in [2.75, 3.05) is 5.33 Å². The van der Waals surface area contributed by atoms with E-state index in [1.54, 1.807) is 0 Å². The molecule has 0 atom stereocenters. The minimum Gasteiger partial charge on any atom is -0.333 e. The molecule has 1 aromatic rings. The van der Waals surface area contributed by atoms with Crippen molar-refractivity contribution < 1.29 is 4.79 Å². The lowest BCUT2D eigenvalue weighted by molar-refractivity contribution is -0.125. The SMILES string of the molecule is CC(C)(Cn1cncc1C(C)(C)C)C(=O)CBr. The van der Waals surface area contributed by atoms with Crippen LogP contribution in [0.5, 0.6) is 0 Å². The van der Waals surface area contributed by atoms with Gasteiger partial charge in [0.2, 0.25) is 0 Å². The zero-order valence-corrected chi connectivity index (χ0v) is 12.8. The summed E-state index contributed by atoms with van der Waals surface area (Å²) in [5.41, 5.74) is 0.835. The fraction of sp³-hybridized carbons (Fsp3) is 0.692. The smallest absolute Gasteiger partial charge is 0.150 e. The van der Waals surface area contributed by atoms with E-state index in [0.717, 1.165) is 5.69 Å². The van der Waals surface area contributed by atoms with Crippen LogP contribution in [-0.2, 0) is 16.8 Å².